The number of hydrogen-bond donors (Lipinski definition) is 2. The molecule has 0 bridgehead atoms. The third-order valence-electron chi connectivity index (χ3n) is 6.15. The first-order valence-corrected chi connectivity index (χ1v) is 13.3. The molecule has 0 fully saturated rings. The fraction of sp³-hybridized carbons (Fsp3) is 0.467. The number of carboxylic acid groups (broad SMARTS) is 1. The van der Waals surface area contributed by atoms with Crippen molar-refractivity contribution in [1.29, 1.82) is 0 Å². The predicted molar refractivity (Wildman–Crippen MR) is 151 cm³/mol. The molecule has 4 unspecified atom stereocenters. The van der Waals surface area contributed by atoms with Crippen LogP contribution in [0.5, 0.6) is 0 Å². The van der Waals surface area contributed by atoms with Gasteiger partial charge in [-0.15, -0.1) is 11.3 Å². The van der Waals surface area contributed by atoms with E-state index in [-0.39, 0.29) is 42.2 Å². The van der Waals surface area contributed by atoms with Crippen LogP contribution >= 0.6 is 11.3 Å². The number of rotatable bonds is 14. The summed E-state index contributed by atoms with van der Waals surface area (Å²) < 4.78 is 5.95. The molecule has 36 heavy (non-hydrogen) atoms. The summed E-state index contributed by atoms with van der Waals surface area (Å²) in [5.41, 5.74) is 1.39. The molecule has 0 aliphatic heterocycles. The lowest BCUT2D eigenvalue weighted by Crippen LogP contribution is -2.25. The van der Waals surface area contributed by atoms with Gasteiger partial charge in [-0.2, -0.15) is 0 Å². The summed E-state index contributed by atoms with van der Waals surface area (Å²) in [6.45, 7) is 19.1. The van der Waals surface area contributed by atoms with Crippen LogP contribution in [0.4, 0.5) is 0 Å². The van der Waals surface area contributed by atoms with Gasteiger partial charge in [0.15, 0.2) is 0 Å². The molecule has 6 heteroatoms. The van der Waals surface area contributed by atoms with Crippen molar-refractivity contribution in [1.82, 2.24) is 5.32 Å². The minimum atomic E-state index is -0.940. The van der Waals surface area contributed by atoms with Gasteiger partial charge in [-0.05, 0) is 54.9 Å². The summed E-state index contributed by atoms with van der Waals surface area (Å²) in [6.07, 6.45) is 16.2. The zero-order valence-electron chi connectivity index (χ0n) is 22.8. The van der Waals surface area contributed by atoms with Gasteiger partial charge in [0.25, 0.3) is 5.91 Å². The average Bonchev–Trinajstić information content (AvgIpc) is 3.29. The third kappa shape index (κ3) is 10.8. The van der Waals surface area contributed by atoms with E-state index in [0.29, 0.717) is 10.8 Å². The maximum atomic E-state index is 12.2. The van der Waals surface area contributed by atoms with Crippen LogP contribution in [0.15, 0.2) is 73.1 Å². The van der Waals surface area contributed by atoms with E-state index in [4.69, 9.17) is 9.84 Å². The molecule has 198 valence electrons. The number of carboxylic acids is 1. The highest BCUT2D eigenvalue weighted by Gasteiger charge is 2.19. The van der Waals surface area contributed by atoms with Gasteiger partial charge in [-0.25, -0.2) is 0 Å². The van der Waals surface area contributed by atoms with Crippen LogP contribution in [0, 0.1) is 23.2 Å². The molecule has 0 aromatic carbocycles. The molecule has 5 nitrogen and oxygen atoms in total. The minimum Gasteiger partial charge on any atom is -0.493 e. The molecule has 0 spiro atoms. The van der Waals surface area contributed by atoms with E-state index in [1.165, 1.54) is 16.9 Å². The topological polar surface area (TPSA) is 75.6 Å². The zero-order chi connectivity index (χ0) is 27.3. The van der Waals surface area contributed by atoms with E-state index in [1.54, 1.807) is 12.3 Å². The molecule has 2 N–H and O–H groups in total. The van der Waals surface area contributed by atoms with Crippen LogP contribution in [0.25, 0.3) is 0 Å². The second-order valence-corrected chi connectivity index (χ2v) is 11.2. The molecule has 0 aliphatic carbocycles. The molecule has 1 rings (SSSR count). The number of ether oxygens (including phenoxy) is 1. The fourth-order valence-electron chi connectivity index (χ4n) is 3.29. The quantitative estimate of drug-likeness (QED) is 0.152. The van der Waals surface area contributed by atoms with E-state index in [9.17, 15) is 9.59 Å². The monoisotopic (exact) mass is 513 g/mol. The lowest BCUT2D eigenvalue weighted by molar-refractivity contribution is -0.136. The van der Waals surface area contributed by atoms with Gasteiger partial charge < -0.3 is 15.2 Å². The first-order chi connectivity index (χ1) is 16.9. The highest BCUT2D eigenvalue weighted by Crippen LogP contribution is 2.30. The number of thiophene rings is 1. The van der Waals surface area contributed by atoms with E-state index in [0.717, 1.165) is 4.88 Å². The van der Waals surface area contributed by atoms with Gasteiger partial charge in [0, 0.05) is 17.3 Å². The maximum absolute atomic E-state index is 12.2. The van der Waals surface area contributed by atoms with Crippen LogP contribution in [0.1, 0.15) is 75.5 Å². The number of aliphatic carboxylic acids is 1. The Hall–Kier alpha value is -2.86. The molecule has 1 aromatic heterocycles. The third-order valence-corrected chi connectivity index (χ3v) is 7.39. The SMILES string of the molecule is C=C/C=C(\C=C/C(C)C(C)(C)C)C(/C=C\C)C(C)/C=C/OC(C)c1ccc(C(=O)NCCC(=O)O)s1. The largest absolute Gasteiger partial charge is 0.493 e. The van der Waals surface area contributed by atoms with E-state index < -0.39 is 5.97 Å². The fourth-order valence-corrected chi connectivity index (χ4v) is 4.21. The van der Waals surface area contributed by atoms with Crippen molar-refractivity contribution in [2.24, 2.45) is 23.2 Å². The van der Waals surface area contributed by atoms with Gasteiger partial charge in [0.2, 0.25) is 0 Å². The zero-order valence-corrected chi connectivity index (χ0v) is 23.6. The number of hydrogen-bond acceptors (Lipinski definition) is 4. The number of amides is 1. The first kappa shape index (κ1) is 31.2. The Balaban J connectivity index is 2.85. The molecule has 4 atom stereocenters. The average molecular weight is 514 g/mol. The highest BCUT2D eigenvalue weighted by molar-refractivity contribution is 7.14. The summed E-state index contributed by atoms with van der Waals surface area (Å²) in [5.74, 6) is -0.414. The molecule has 0 aliphatic rings. The number of allylic oxidation sites excluding steroid dienone is 8. The molecule has 1 heterocycles. The second-order valence-electron chi connectivity index (χ2n) is 10.0. The van der Waals surface area contributed by atoms with Crippen LogP contribution in [0.2, 0.25) is 0 Å². The lowest BCUT2D eigenvalue weighted by Gasteiger charge is -2.25. The van der Waals surface area contributed by atoms with Gasteiger partial charge in [-0.1, -0.05) is 77.7 Å². The summed E-state index contributed by atoms with van der Waals surface area (Å²) in [5, 5.41) is 11.3. The molecule has 1 amide bonds. The highest BCUT2D eigenvalue weighted by atomic mass is 32.1. The van der Waals surface area contributed by atoms with Gasteiger partial charge in [-0.3, -0.25) is 9.59 Å². The Labute approximate surface area is 221 Å². The molecular weight excluding hydrogens is 470 g/mol. The lowest BCUT2D eigenvalue weighted by atomic mass is 9.80. The molecule has 0 radical (unpaired) electrons. The van der Waals surface area contributed by atoms with Gasteiger partial charge >= 0.3 is 5.97 Å². The van der Waals surface area contributed by atoms with Gasteiger partial charge in [0.05, 0.1) is 17.6 Å². The Morgan fingerprint density at radius 2 is 1.86 bits per heavy atom. The van der Waals surface area contributed by atoms with Crippen LogP contribution in [0.3, 0.4) is 0 Å². The first-order valence-electron chi connectivity index (χ1n) is 12.5. The second kappa shape index (κ2) is 15.3. The van der Waals surface area contributed by atoms with Crippen molar-refractivity contribution in [2.75, 3.05) is 6.54 Å². The van der Waals surface area contributed by atoms with Crippen LogP contribution in [-0.2, 0) is 9.53 Å². The number of carbonyl (C=O) groups is 2. The van der Waals surface area contributed by atoms with E-state index in [1.807, 2.05) is 26.0 Å². The standard InChI is InChI=1S/C30H43NO4S/c1-9-11-24(14-13-22(4)30(6,7)8)25(12-10-2)21(3)18-20-35-23(5)26-15-16-27(36-26)29(34)31-19-17-28(32)33/h9-16,18,20-23,25H,1,17,19H2,2-8H3,(H,31,34)(H,32,33)/b12-10-,14-13-,20-18+,24-11+. The Bertz CT molecular complexity index is 977. The Morgan fingerprint density at radius 1 is 1.17 bits per heavy atom. The maximum Gasteiger partial charge on any atom is 0.305 e. The predicted octanol–water partition coefficient (Wildman–Crippen LogP) is 7.72. The number of nitrogens with one attached hydrogen (secondary N) is 1. The Morgan fingerprint density at radius 3 is 2.44 bits per heavy atom. The van der Waals surface area contributed by atoms with Crippen molar-refractivity contribution in [3.63, 3.8) is 0 Å². The molecular formula is C30H43NO4S. The summed E-state index contributed by atoms with van der Waals surface area (Å²) in [4.78, 5) is 24.3. The van der Waals surface area contributed by atoms with Crippen molar-refractivity contribution < 1.29 is 19.4 Å². The summed E-state index contributed by atoms with van der Waals surface area (Å²) >= 11 is 1.34. The molecule has 0 saturated heterocycles. The van der Waals surface area contributed by atoms with Crippen LogP contribution < -0.4 is 5.32 Å². The van der Waals surface area contributed by atoms with E-state index in [2.05, 4.69) is 83.0 Å². The van der Waals surface area contributed by atoms with E-state index >= 15 is 0 Å². The van der Waals surface area contributed by atoms with Crippen molar-refractivity contribution >= 4 is 23.2 Å². The molecule has 0 saturated carbocycles. The smallest absolute Gasteiger partial charge is 0.305 e. The molecule has 1 aromatic rings. The van der Waals surface area contributed by atoms with Crippen molar-refractivity contribution in [2.45, 2.75) is 61.0 Å². The summed E-state index contributed by atoms with van der Waals surface area (Å²) in [6, 6.07) is 3.61. The summed E-state index contributed by atoms with van der Waals surface area (Å²) in [7, 11) is 0. The Kier molecular flexibility index (Phi) is 13.2. The van der Waals surface area contributed by atoms with Crippen LogP contribution in [-0.4, -0.2) is 23.5 Å². The normalized spacial score (nSPS) is 16.2. The van der Waals surface area contributed by atoms with Crippen molar-refractivity contribution in [3.05, 3.63) is 82.8 Å². The van der Waals surface area contributed by atoms with Gasteiger partial charge in [0.1, 0.15) is 6.10 Å². The number of carbonyl (C=O) groups excluding carboxylic acids is 1. The minimum absolute atomic E-state index is 0.101. The van der Waals surface area contributed by atoms with Crippen molar-refractivity contribution in [3.8, 4) is 0 Å².